The molecule has 2 amide bonds. The van der Waals surface area contributed by atoms with Crippen LogP contribution in [0.5, 0.6) is 0 Å². The van der Waals surface area contributed by atoms with Crippen molar-refractivity contribution < 1.29 is 42.3 Å². The third-order valence-corrected chi connectivity index (χ3v) is 9.88. The van der Waals surface area contributed by atoms with Gasteiger partial charge < -0.3 is 25.2 Å². The molecule has 6 aromatic rings. The van der Waals surface area contributed by atoms with Crippen LogP contribution in [-0.2, 0) is 34.3 Å². The molecule has 5 heterocycles. The molecule has 4 aromatic heterocycles. The Morgan fingerprint density at radius 2 is 1.45 bits per heavy atom. The minimum atomic E-state index is -4.38. The van der Waals surface area contributed by atoms with E-state index in [0.29, 0.717) is 22.3 Å². The molecule has 0 spiro atoms. The Hall–Kier alpha value is -6.04. The summed E-state index contributed by atoms with van der Waals surface area (Å²) in [4.78, 5) is 51.2. The van der Waals surface area contributed by atoms with Crippen LogP contribution in [0.2, 0.25) is 0 Å². The summed E-state index contributed by atoms with van der Waals surface area (Å²) < 4.78 is 46.0. The molecule has 288 valence electrons. The van der Waals surface area contributed by atoms with Crippen LogP contribution in [0, 0.1) is 11.3 Å². The number of phosphoric ester groups is 1. The van der Waals surface area contributed by atoms with Gasteiger partial charge in [-0.25, -0.2) is 34.5 Å². The summed E-state index contributed by atoms with van der Waals surface area (Å²) in [5, 5.41) is 24.6. The number of aliphatic hydroxyl groups is 1. The molecular formula is C35H34N11O9P. The fourth-order valence-electron chi connectivity index (χ4n) is 5.75. The minimum absolute atomic E-state index is 0.0382. The Kier molecular flexibility index (Phi) is 12.0. The number of nitrogens with one attached hydrogen (secondary N) is 2. The zero-order valence-corrected chi connectivity index (χ0v) is 30.3. The lowest BCUT2D eigenvalue weighted by molar-refractivity contribution is -0.0520. The maximum absolute atomic E-state index is 14.0. The molecule has 1 unspecified atom stereocenters. The van der Waals surface area contributed by atoms with Gasteiger partial charge in [0.25, 0.3) is 11.8 Å². The van der Waals surface area contributed by atoms with Crippen molar-refractivity contribution in [3.05, 3.63) is 97.1 Å². The van der Waals surface area contributed by atoms with E-state index < -0.39 is 32.2 Å². The van der Waals surface area contributed by atoms with E-state index in [1.54, 1.807) is 65.2 Å². The summed E-state index contributed by atoms with van der Waals surface area (Å²) in [5.74, 6) is -0.383. The molecular weight excluding hydrogens is 749 g/mol. The van der Waals surface area contributed by atoms with Gasteiger partial charge in [0, 0.05) is 17.5 Å². The molecule has 2 aromatic carbocycles. The second-order valence-electron chi connectivity index (χ2n) is 12.1. The number of anilines is 2. The molecule has 1 aliphatic heterocycles. The first kappa shape index (κ1) is 38.2. The molecule has 4 atom stereocenters. The number of aromatic nitrogens is 8. The molecule has 3 N–H and O–H groups in total. The quantitative estimate of drug-likeness (QED) is 0.0877. The summed E-state index contributed by atoms with van der Waals surface area (Å²) in [6.07, 6.45) is 2.65. The van der Waals surface area contributed by atoms with Crippen LogP contribution in [-0.4, -0.2) is 94.6 Å². The maximum Gasteiger partial charge on any atom is 0.475 e. The molecule has 56 heavy (non-hydrogen) atoms. The molecule has 0 radical (unpaired) electrons. The van der Waals surface area contributed by atoms with E-state index in [0.717, 1.165) is 0 Å². The second kappa shape index (κ2) is 17.6. The minimum Gasteiger partial charge on any atom is -0.394 e. The fourth-order valence-corrected chi connectivity index (χ4v) is 7.08. The van der Waals surface area contributed by atoms with Gasteiger partial charge in [0.1, 0.15) is 25.5 Å². The molecule has 1 aliphatic rings. The molecule has 1 saturated heterocycles. The lowest BCUT2D eigenvalue weighted by atomic mass is 10.2. The maximum atomic E-state index is 14.0. The van der Waals surface area contributed by atoms with Crippen LogP contribution in [0.1, 0.15) is 39.8 Å². The Bertz CT molecular complexity index is 2390. The van der Waals surface area contributed by atoms with Crippen molar-refractivity contribution in [1.82, 2.24) is 39.0 Å². The predicted octanol–water partition coefficient (Wildman–Crippen LogP) is 3.86. The van der Waals surface area contributed by atoms with E-state index in [2.05, 4.69) is 40.5 Å². The number of aliphatic hydroxyl groups excluding tert-OH is 1. The average Bonchev–Trinajstić information content (AvgIpc) is 3.96. The van der Waals surface area contributed by atoms with Crippen LogP contribution < -0.4 is 10.6 Å². The largest absolute Gasteiger partial charge is 0.475 e. The van der Waals surface area contributed by atoms with Crippen molar-refractivity contribution in [3.63, 3.8) is 0 Å². The third-order valence-electron chi connectivity index (χ3n) is 8.35. The number of carbonyl (C=O) groups excluding carboxylic acids is 2. The van der Waals surface area contributed by atoms with E-state index in [1.165, 1.54) is 29.9 Å². The highest BCUT2D eigenvalue weighted by Gasteiger charge is 2.43. The van der Waals surface area contributed by atoms with Gasteiger partial charge in [0.15, 0.2) is 40.2 Å². The van der Waals surface area contributed by atoms with Crippen molar-refractivity contribution in [1.29, 1.82) is 5.26 Å². The summed E-state index contributed by atoms with van der Waals surface area (Å²) in [6, 6.07) is 19.2. The number of rotatable bonds is 17. The monoisotopic (exact) mass is 783 g/mol. The number of nitriles is 1. The van der Waals surface area contributed by atoms with Gasteiger partial charge in [-0.15, -0.1) is 0 Å². The third kappa shape index (κ3) is 8.75. The highest BCUT2D eigenvalue weighted by molar-refractivity contribution is 7.48. The number of hydrogen-bond donors (Lipinski definition) is 3. The topological polar surface area (TPSA) is 253 Å². The summed E-state index contributed by atoms with van der Waals surface area (Å²) in [6.45, 7) is -1.01. The Labute approximate surface area is 318 Å². The number of imidazole rings is 2. The second-order valence-corrected chi connectivity index (χ2v) is 13.7. The first-order valence-corrected chi connectivity index (χ1v) is 18.7. The van der Waals surface area contributed by atoms with Gasteiger partial charge in [0.2, 0.25) is 0 Å². The lowest BCUT2D eigenvalue weighted by Crippen LogP contribution is -2.23. The van der Waals surface area contributed by atoms with Crippen molar-refractivity contribution in [2.24, 2.45) is 0 Å². The smallest absolute Gasteiger partial charge is 0.394 e. The van der Waals surface area contributed by atoms with Gasteiger partial charge in [-0.1, -0.05) is 36.4 Å². The van der Waals surface area contributed by atoms with Crippen molar-refractivity contribution in [2.75, 3.05) is 37.1 Å². The van der Waals surface area contributed by atoms with Gasteiger partial charge in [-0.2, -0.15) is 5.26 Å². The van der Waals surface area contributed by atoms with E-state index in [4.69, 9.17) is 28.3 Å². The highest BCUT2D eigenvalue weighted by Crippen LogP contribution is 2.54. The summed E-state index contributed by atoms with van der Waals surface area (Å²) in [5.41, 5.74) is 2.12. The fraction of sp³-hybridized carbons (Fsp3) is 0.286. The normalized spacial score (nSPS) is 17.8. The van der Waals surface area contributed by atoms with Crippen molar-refractivity contribution >= 4 is 53.6 Å². The standard InChI is InChI=1S/C35H34N11O9P/c36-12-7-13-52-56(50,53-15-14-51-22-45-20-41-27-29(37-18-39-31(27)45)43-33(48)23-8-3-1-4-9-23)55-26-16-25(17-47)54-35(26)46-21-42-28-30(38-19-40-32(28)46)44-34(49)24-10-5-2-6-11-24/h1-6,8-11,18-21,25-26,35,47H,7,13-17,22H2,(H,37,39,43,48)(H,38,40,44,49)/t25-,26+,35+,56?/m0/s1. The Morgan fingerprint density at radius 3 is 2.09 bits per heavy atom. The van der Waals surface area contributed by atoms with Crippen LogP contribution >= 0.6 is 7.82 Å². The average molecular weight is 784 g/mol. The molecule has 7 rings (SSSR count). The zero-order valence-electron chi connectivity index (χ0n) is 29.5. The summed E-state index contributed by atoms with van der Waals surface area (Å²) >= 11 is 0. The molecule has 0 bridgehead atoms. The number of phosphoric acid groups is 1. The van der Waals surface area contributed by atoms with Crippen molar-refractivity contribution in [2.45, 2.75) is 38.0 Å². The van der Waals surface area contributed by atoms with E-state index in [-0.39, 0.29) is 74.7 Å². The molecule has 21 heteroatoms. The SMILES string of the molecule is N#CCCOP(=O)(OCCOCn1cnc2c(NC(=O)c3ccccc3)ncnc21)O[C@@H]1C[C@@H](CO)O[C@H]1n1cnc2c(NC(=O)c3ccccc3)ncnc21. The number of amides is 2. The van der Waals surface area contributed by atoms with Crippen LogP contribution in [0.4, 0.5) is 11.6 Å². The van der Waals surface area contributed by atoms with E-state index >= 15 is 0 Å². The number of hydrogen-bond acceptors (Lipinski definition) is 16. The van der Waals surface area contributed by atoms with Gasteiger partial charge in [-0.3, -0.25) is 32.3 Å². The van der Waals surface area contributed by atoms with E-state index in [9.17, 15) is 19.3 Å². The number of nitrogens with zero attached hydrogens (tertiary/aromatic N) is 9. The van der Waals surface area contributed by atoms with Crippen LogP contribution in [0.3, 0.4) is 0 Å². The van der Waals surface area contributed by atoms with Crippen LogP contribution in [0.25, 0.3) is 22.3 Å². The lowest BCUT2D eigenvalue weighted by Gasteiger charge is -2.25. The molecule has 20 nitrogen and oxygen atoms in total. The molecule has 0 saturated carbocycles. The summed E-state index contributed by atoms with van der Waals surface area (Å²) in [7, 11) is -4.38. The van der Waals surface area contributed by atoms with Gasteiger partial charge in [-0.05, 0) is 24.3 Å². The Balaban J connectivity index is 1.00. The molecule has 0 aliphatic carbocycles. The molecule has 1 fully saturated rings. The predicted molar refractivity (Wildman–Crippen MR) is 196 cm³/mol. The van der Waals surface area contributed by atoms with Gasteiger partial charge >= 0.3 is 7.82 Å². The van der Waals surface area contributed by atoms with Crippen molar-refractivity contribution in [3.8, 4) is 6.07 Å². The number of benzene rings is 2. The van der Waals surface area contributed by atoms with Crippen LogP contribution in [0.15, 0.2) is 86.0 Å². The number of carbonyl (C=O) groups is 2. The first-order valence-electron chi connectivity index (χ1n) is 17.2. The van der Waals surface area contributed by atoms with E-state index in [1.807, 2.05) is 6.07 Å². The van der Waals surface area contributed by atoms with Gasteiger partial charge in [0.05, 0.1) is 57.7 Å². The first-order chi connectivity index (χ1) is 27.4. The Morgan fingerprint density at radius 1 is 0.839 bits per heavy atom. The zero-order chi connectivity index (χ0) is 38.9. The number of fused-ring (bicyclic) bond motifs is 2. The number of ether oxygens (including phenoxy) is 2. The highest BCUT2D eigenvalue weighted by atomic mass is 31.2.